The lowest BCUT2D eigenvalue weighted by Gasteiger charge is -2.11. The summed E-state index contributed by atoms with van der Waals surface area (Å²) in [7, 11) is 0. The topological polar surface area (TPSA) is 116 Å². The number of carbonyl (C=O) groups is 3. The van der Waals surface area contributed by atoms with Gasteiger partial charge in [0, 0.05) is 23.3 Å². The van der Waals surface area contributed by atoms with E-state index in [2.05, 4.69) is 5.32 Å². The van der Waals surface area contributed by atoms with E-state index >= 15 is 0 Å². The fourth-order valence-corrected chi connectivity index (χ4v) is 3.47. The number of esters is 1. The summed E-state index contributed by atoms with van der Waals surface area (Å²) in [5.74, 6) is -1.70. The van der Waals surface area contributed by atoms with Crippen LogP contribution in [0.3, 0.4) is 0 Å². The number of benzene rings is 4. The van der Waals surface area contributed by atoms with E-state index in [0.29, 0.717) is 5.56 Å². The summed E-state index contributed by atoms with van der Waals surface area (Å²) >= 11 is 0. The van der Waals surface area contributed by atoms with Crippen molar-refractivity contribution in [1.82, 2.24) is 0 Å². The van der Waals surface area contributed by atoms with Crippen molar-refractivity contribution in [3.63, 3.8) is 0 Å². The van der Waals surface area contributed by atoms with Gasteiger partial charge in [0.05, 0.1) is 16.2 Å². The Hall–Kier alpha value is -5.11. The second-order valence-electron chi connectivity index (χ2n) is 7.75. The van der Waals surface area contributed by atoms with E-state index in [0.717, 1.165) is 11.1 Å². The lowest BCUT2D eigenvalue weighted by Crippen LogP contribution is -2.18. The van der Waals surface area contributed by atoms with Crippen LogP contribution in [-0.4, -0.2) is 29.2 Å². The molecule has 8 heteroatoms. The Labute approximate surface area is 206 Å². The SMILES string of the molecule is O=C(COC(=O)c1ccccc1NC(=O)c1ccc([N+](=O)[O-])cc1)c1ccc(-c2ccccc2)cc1. The molecule has 4 aromatic carbocycles. The molecule has 0 radical (unpaired) electrons. The second-order valence-corrected chi connectivity index (χ2v) is 7.75. The van der Waals surface area contributed by atoms with Crippen LogP contribution in [0.5, 0.6) is 0 Å². The van der Waals surface area contributed by atoms with Crippen molar-refractivity contribution in [3.05, 3.63) is 130 Å². The Balaban J connectivity index is 1.39. The number of para-hydroxylation sites is 1. The van der Waals surface area contributed by atoms with E-state index in [4.69, 9.17) is 4.74 Å². The van der Waals surface area contributed by atoms with E-state index < -0.39 is 23.4 Å². The fourth-order valence-electron chi connectivity index (χ4n) is 3.47. The van der Waals surface area contributed by atoms with Gasteiger partial charge in [0.25, 0.3) is 11.6 Å². The van der Waals surface area contributed by atoms with Crippen LogP contribution < -0.4 is 5.32 Å². The number of rotatable bonds is 8. The molecule has 178 valence electrons. The third-order valence-corrected chi connectivity index (χ3v) is 5.38. The van der Waals surface area contributed by atoms with Crippen LogP contribution in [-0.2, 0) is 4.74 Å². The summed E-state index contributed by atoms with van der Waals surface area (Å²) in [4.78, 5) is 48.0. The Morgan fingerprint density at radius 3 is 1.97 bits per heavy atom. The van der Waals surface area contributed by atoms with Crippen molar-refractivity contribution in [2.24, 2.45) is 0 Å². The standard InChI is InChI=1S/C28H20N2O6/c31-26(21-12-10-20(11-13-21)19-6-2-1-3-7-19)18-36-28(33)24-8-4-5-9-25(24)29-27(32)22-14-16-23(17-15-22)30(34)35/h1-17H,18H2,(H,29,32). The third kappa shape index (κ3) is 5.68. The average molecular weight is 480 g/mol. The highest BCUT2D eigenvalue weighted by Crippen LogP contribution is 2.21. The first-order valence-corrected chi connectivity index (χ1v) is 10.9. The van der Waals surface area contributed by atoms with Gasteiger partial charge >= 0.3 is 5.97 Å². The third-order valence-electron chi connectivity index (χ3n) is 5.38. The Morgan fingerprint density at radius 2 is 1.31 bits per heavy atom. The summed E-state index contributed by atoms with van der Waals surface area (Å²) < 4.78 is 5.21. The second kappa shape index (κ2) is 10.9. The number of hydrogen-bond acceptors (Lipinski definition) is 6. The number of non-ortho nitro benzene ring substituents is 1. The van der Waals surface area contributed by atoms with Gasteiger partial charge in [-0.05, 0) is 35.4 Å². The predicted molar refractivity (Wildman–Crippen MR) is 134 cm³/mol. The van der Waals surface area contributed by atoms with E-state index in [-0.39, 0.29) is 28.3 Å². The molecule has 1 N–H and O–H groups in total. The van der Waals surface area contributed by atoms with E-state index in [1.165, 1.54) is 36.4 Å². The van der Waals surface area contributed by atoms with Gasteiger partial charge in [-0.2, -0.15) is 0 Å². The smallest absolute Gasteiger partial charge is 0.340 e. The molecule has 0 saturated heterocycles. The van der Waals surface area contributed by atoms with Gasteiger partial charge in [0.1, 0.15) is 0 Å². The molecule has 0 aromatic heterocycles. The molecule has 0 spiro atoms. The number of carbonyl (C=O) groups excluding carboxylic acids is 3. The molecule has 0 atom stereocenters. The highest BCUT2D eigenvalue weighted by atomic mass is 16.6. The summed E-state index contributed by atoms with van der Waals surface area (Å²) in [6.45, 7) is -0.464. The predicted octanol–water partition coefficient (Wildman–Crippen LogP) is 5.55. The van der Waals surface area contributed by atoms with Crippen LogP contribution in [0.15, 0.2) is 103 Å². The fraction of sp³-hybridized carbons (Fsp3) is 0.0357. The van der Waals surface area contributed by atoms with E-state index in [1.54, 1.807) is 24.3 Å². The molecular formula is C28H20N2O6. The number of nitro groups is 1. The lowest BCUT2D eigenvalue weighted by atomic mass is 10.0. The quantitative estimate of drug-likeness (QED) is 0.153. The Bertz CT molecular complexity index is 1410. The van der Waals surface area contributed by atoms with Gasteiger partial charge < -0.3 is 10.1 Å². The Kier molecular flexibility index (Phi) is 7.26. The first-order chi connectivity index (χ1) is 17.4. The van der Waals surface area contributed by atoms with E-state index in [1.807, 2.05) is 42.5 Å². The number of ketones is 1. The molecular weight excluding hydrogens is 460 g/mol. The highest BCUT2D eigenvalue weighted by molar-refractivity contribution is 6.08. The number of Topliss-reactive ketones (excluding diaryl/α,β-unsaturated/α-hetero) is 1. The minimum absolute atomic E-state index is 0.0694. The zero-order valence-corrected chi connectivity index (χ0v) is 18.9. The van der Waals surface area contributed by atoms with Crippen LogP contribution in [0.4, 0.5) is 11.4 Å². The van der Waals surface area contributed by atoms with Crippen molar-refractivity contribution in [2.75, 3.05) is 11.9 Å². The molecule has 0 fully saturated rings. The van der Waals surface area contributed by atoms with Crippen LogP contribution in [0.2, 0.25) is 0 Å². The number of nitrogens with zero attached hydrogens (tertiary/aromatic N) is 1. The zero-order chi connectivity index (χ0) is 25.5. The molecule has 36 heavy (non-hydrogen) atoms. The molecule has 0 aliphatic carbocycles. The minimum Gasteiger partial charge on any atom is -0.454 e. The average Bonchev–Trinajstić information content (AvgIpc) is 2.92. The highest BCUT2D eigenvalue weighted by Gasteiger charge is 2.18. The molecule has 4 aromatic rings. The van der Waals surface area contributed by atoms with Crippen molar-refractivity contribution in [1.29, 1.82) is 0 Å². The molecule has 0 aliphatic rings. The summed E-state index contributed by atoms with van der Waals surface area (Å²) in [6.07, 6.45) is 0. The minimum atomic E-state index is -0.774. The van der Waals surface area contributed by atoms with E-state index in [9.17, 15) is 24.5 Å². The number of hydrogen-bond donors (Lipinski definition) is 1. The maximum atomic E-state index is 12.7. The largest absolute Gasteiger partial charge is 0.454 e. The van der Waals surface area contributed by atoms with Crippen LogP contribution >= 0.6 is 0 Å². The van der Waals surface area contributed by atoms with Gasteiger partial charge in [0.2, 0.25) is 0 Å². The molecule has 0 bridgehead atoms. The number of amides is 1. The van der Waals surface area contributed by atoms with Gasteiger partial charge in [-0.25, -0.2) is 4.79 Å². The molecule has 0 heterocycles. The van der Waals surface area contributed by atoms with Gasteiger partial charge in [-0.3, -0.25) is 19.7 Å². The number of anilines is 1. The van der Waals surface area contributed by atoms with Crippen molar-refractivity contribution in [2.45, 2.75) is 0 Å². The van der Waals surface area contributed by atoms with Crippen LogP contribution in [0, 0.1) is 10.1 Å². The van der Waals surface area contributed by atoms with Crippen molar-refractivity contribution < 1.29 is 24.0 Å². The van der Waals surface area contributed by atoms with Gasteiger partial charge in [-0.1, -0.05) is 66.7 Å². The number of nitro benzene ring substituents is 1. The summed E-state index contributed by atoms with van der Waals surface area (Å²) in [5, 5.41) is 13.4. The normalized spacial score (nSPS) is 10.3. The molecule has 0 saturated carbocycles. The van der Waals surface area contributed by atoms with Gasteiger partial charge in [-0.15, -0.1) is 0 Å². The van der Waals surface area contributed by atoms with Crippen LogP contribution in [0.1, 0.15) is 31.1 Å². The first kappa shape index (κ1) is 24.0. The molecule has 0 aliphatic heterocycles. The summed E-state index contributed by atoms with van der Waals surface area (Å²) in [6, 6.07) is 28.0. The molecule has 4 rings (SSSR count). The molecule has 0 unspecified atom stereocenters. The zero-order valence-electron chi connectivity index (χ0n) is 18.9. The maximum Gasteiger partial charge on any atom is 0.340 e. The van der Waals surface area contributed by atoms with Crippen molar-refractivity contribution >= 4 is 29.0 Å². The first-order valence-electron chi connectivity index (χ1n) is 10.9. The number of nitrogens with one attached hydrogen (secondary N) is 1. The molecule has 1 amide bonds. The van der Waals surface area contributed by atoms with Gasteiger partial charge in [0.15, 0.2) is 12.4 Å². The van der Waals surface area contributed by atoms with Crippen LogP contribution in [0.25, 0.3) is 11.1 Å². The number of ether oxygens (including phenoxy) is 1. The summed E-state index contributed by atoms with van der Waals surface area (Å²) in [5.41, 5.74) is 2.68. The maximum absolute atomic E-state index is 12.7. The Morgan fingerprint density at radius 1 is 0.722 bits per heavy atom. The van der Waals surface area contributed by atoms with Crippen molar-refractivity contribution in [3.8, 4) is 11.1 Å². The molecule has 8 nitrogen and oxygen atoms in total. The monoisotopic (exact) mass is 480 g/mol. The lowest BCUT2D eigenvalue weighted by molar-refractivity contribution is -0.384.